The number of aromatic nitrogens is 3. The van der Waals surface area contributed by atoms with Crippen LogP contribution in [0, 0.1) is 6.92 Å². The summed E-state index contributed by atoms with van der Waals surface area (Å²) in [5.41, 5.74) is 2.25. The Kier molecular flexibility index (Phi) is 2.33. The number of hydrogen-bond acceptors (Lipinski definition) is 4. The largest absolute Gasteiger partial charge is 0.377 e. The van der Waals surface area contributed by atoms with E-state index in [0.717, 1.165) is 36.8 Å². The molecule has 0 amide bonds. The molecule has 100 valence electrons. The van der Waals surface area contributed by atoms with Gasteiger partial charge in [0.1, 0.15) is 11.3 Å². The van der Waals surface area contributed by atoms with E-state index in [9.17, 15) is 0 Å². The lowest BCUT2D eigenvalue weighted by molar-refractivity contribution is 0.0129. The highest BCUT2D eigenvalue weighted by atomic mass is 16.5. The molecule has 1 N–H and O–H groups in total. The molecule has 2 aromatic heterocycles. The van der Waals surface area contributed by atoms with Crippen LogP contribution in [0.15, 0.2) is 12.3 Å². The van der Waals surface area contributed by atoms with Gasteiger partial charge in [-0.3, -0.25) is 5.10 Å². The maximum atomic E-state index is 5.69. The van der Waals surface area contributed by atoms with Crippen molar-refractivity contribution in [1.29, 1.82) is 0 Å². The first-order valence-electron chi connectivity index (χ1n) is 6.95. The summed E-state index contributed by atoms with van der Waals surface area (Å²) in [5, 5.41) is 8.44. The Morgan fingerprint density at radius 3 is 3.11 bits per heavy atom. The molecule has 1 spiro atoms. The molecule has 5 nitrogen and oxygen atoms in total. The Morgan fingerprint density at radius 1 is 1.42 bits per heavy atom. The average molecular weight is 258 g/mol. The predicted molar refractivity (Wildman–Crippen MR) is 73.4 cm³/mol. The summed E-state index contributed by atoms with van der Waals surface area (Å²) >= 11 is 0. The molecule has 0 aromatic carbocycles. The second kappa shape index (κ2) is 3.93. The van der Waals surface area contributed by atoms with Crippen molar-refractivity contribution in [2.75, 3.05) is 24.7 Å². The maximum Gasteiger partial charge on any atom is 0.129 e. The van der Waals surface area contributed by atoms with Crippen LogP contribution < -0.4 is 4.90 Å². The van der Waals surface area contributed by atoms with E-state index in [1.165, 1.54) is 24.6 Å². The van der Waals surface area contributed by atoms with Crippen LogP contribution in [0.1, 0.15) is 25.0 Å². The molecule has 0 radical (unpaired) electrons. The van der Waals surface area contributed by atoms with Crippen LogP contribution in [0.3, 0.4) is 0 Å². The number of fused-ring (bicyclic) bond motifs is 1. The minimum absolute atomic E-state index is 0.205. The Labute approximate surface area is 112 Å². The first kappa shape index (κ1) is 11.2. The molecule has 19 heavy (non-hydrogen) atoms. The lowest BCUT2D eigenvalue weighted by Crippen LogP contribution is -2.61. The molecule has 5 heteroatoms. The molecule has 0 atom stereocenters. The zero-order chi connectivity index (χ0) is 12.9. The van der Waals surface area contributed by atoms with Gasteiger partial charge in [0.05, 0.1) is 24.9 Å². The van der Waals surface area contributed by atoms with E-state index in [0.29, 0.717) is 0 Å². The van der Waals surface area contributed by atoms with E-state index in [4.69, 9.17) is 4.74 Å². The Balaban J connectivity index is 1.77. The molecule has 0 unspecified atom stereocenters. The van der Waals surface area contributed by atoms with Crippen molar-refractivity contribution < 1.29 is 4.74 Å². The number of H-pyrrole nitrogens is 1. The quantitative estimate of drug-likeness (QED) is 0.850. The van der Waals surface area contributed by atoms with Crippen molar-refractivity contribution >= 4 is 16.7 Å². The summed E-state index contributed by atoms with van der Waals surface area (Å²) in [7, 11) is 0. The Morgan fingerprint density at radius 2 is 2.32 bits per heavy atom. The Bertz CT molecular complexity index is 617. The predicted octanol–water partition coefficient (Wildman–Crippen LogP) is 2.03. The number of ether oxygens (including phenoxy) is 1. The van der Waals surface area contributed by atoms with E-state index in [2.05, 4.69) is 33.1 Å². The minimum Gasteiger partial charge on any atom is -0.377 e. The highest BCUT2D eigenvalue weighted by Crippen LogP contribution is 2.42. The molecule has 1 aliphatic carbocycles. The molecule has 1 saturated carbocycles. The van der Waals surface area contributed by atoms with Gasteiger partial charge in [0.2, 0.25) is 0 Å². The Hall–Kier alpha value is -1.62. The van der Waals surface area contributed by atoms with Crippen molar-refractivity contribution in [1.82, 2.24) is 15.2 Å². The number of nitrogens with zero attached hydrogens (tertiary/aromatic N) is 3. The fraction of sp³-hybridized carbons (Fsp3) is 0.571. The molecule has 1 aliphatic heterocycles. The van der Waals surface area contributed by atoms with E-state index >= 15 is 0 Å². The normalized spacial score (nSPS) is 21.8. The number of anilines is 1. The van der Waals surface area contributed by atoms with Gasteiger partial charge in [-0.1, -0.05) is 0 Å². The van der Waals surface area contributed by atoms with Gasteiger partial charge in [-0.15, -0.1) is 0 Å². The van der Waals surface area contributed by atoms with Gasteiger partial charge in [-0.25, -0.2) is 4.98 Å². The topological polar surface area (TPSA) is 54.0 Å². The smallest absolute Gasteiger partial charge is 0.129 e. The minimum atomic E-state index is 0.205. The van der Waals surface area contributed by atoms with Gasteiger partial charge >= 0.3 is 0 Å². The number of hydrogen-bond donors (Lipinski definition) is 1. The summed E-state index contributed by atoms with van der Waals surface area (Å²) in [4.78, 5) is 7.06. The molecule has 4 rings (SSSR count). The fourth-order valence-corrected chi connectivity index (χ4v) is 3.27. The first-order valence-corrected chi connectivity index (χ1v) is 6.95. The monoisotopic (exact) mass is 258 g/mol. The van der Waals surface area contributed by atoms with Crippen LogP contribution in [0.25, 0.3) is 10.9 Å². The summed E-state index contributed by atoms with van der Waals surface area (Å²) < 4.78 is 5.69. The third-order valence-electron chi connectivity index (χ3n) is 4.58. The molecule has 2 aromatic rings. The van der Waals surface area contributed by atoms with Crippen molar-refractivity contribution in [3.63, 3.8) is 0 Å². The van der Waals surface area contributed by atoms with Gasteiger partial charge in [0, 0.05) is 17.6 Å². The SMILES string of the molecule is Cc1[nH]nc2cnc(N3CCOCC34CCC4)cc12. The van der Waals surface area contributed by atoms with Crippen LogP contribution in [0.5, 0.6) is 0 Å². The van der Waals surface area contributed by atoms with Gasteiger partial charge in [-0.2, -0.15) is 5.10 Å². The summed E-state index contributed by atoms with van der Waals surface area (Å²) in [6, 6.07) is 2.17. The van der Waals surface area contributed by atoms with Crippen LogP contribution in [-0.2, 0) is 4.74 Å². The zero-order valence-electron chi connectivity index (χ0n) is 11.1. The van der Waals surface area contributed by atoms with Crippen molar-refractivity contribution in [3.8, 4) is 0 Å². The molecule has 2 aliphatic rings. The zero-order valence-corrected chi connectivity index (χ0v) is 11.1. The summed E-state index contributed by atoms with van der Waals surface area (Å²) in [5.74, 6) is 1.07. The fourth-order valence-electron chi connectivity index (χ4n) is 3.27. The summed E-state index contributed by atoms with van der Waals surface area (Å²) in [6.07, 6.45) is 5.61. The van der Waals surface area contributed by atoms with Gasteiger partial charge in [0.15, 0.2) is 0 Å². The number of pyridine rings is 1. The second-order valence-electron chi connectivity index (χ2n) is 5.69. The number of nitrogens with one attached hydrogen (secondary N) is 1. The number of rotatable bonds is 1. The molecular weight excluding hydrogens is 240 g/mol. The average Bonchev–Trinajstić information content (AvgIpc) is 2.78. The molecule has 1 saturated heterocycles. The lowest BCUT2D eigenvalue weighted by Gasteiger charge is -2.53. The van der Waals surface area contributed by atoms with Crippen LogP contribution >= 0.6 is 0 Å². The third kappa shape index (κ3) is 1.57. The summed E-state index contributed by atoms with van der Waals surface area (Å²) in [6.45, 7) is 4.63. The van der Waals surface area contributed by atoms with E-state index < -0.39 is 0 Å². The van der Waals surface area contributed by atoms with Gasteiger partial charge < -0.3 is 9.64 Å². The maximum absolute atomic E-state index is 5.69. The van der Waals surface area contributed by atoms with Crippen LogP contribution in [0.4, 0.5) is 5.82 Å². The van der Waals surface area contributed by atoms with Crippen molar-refractivity contribution in [2.24, 2.45) is 0 Å². The number of aryl methyl sites for hydroxylation is 1. The molecule has 2 fully saturated rings. The van der Waals surface area contributed by atoms with Crippen LogP contribution in [-0.4, -0.2) is 40.5 Å². The number of morpholine rings is 1. The third-order valence-corrected chi connectivity index (χ3v) is 4.58. The second-order valence-corrected chi connectivity index (χ2v) is 5.69. The highest BCUT2D eigenvalue weighted by Gasteiger charge is 2.45. The molecular formula is C14H18N4O. The standard InChI is InChI=1S/C14H18N4O/c1-10-11-7-13(15-8-12(11)17-16-10)18-5-6-19-9-14(18)3-2-4-14/h7-8H,2-6,9H2,1H3,(H,16,17). The van der Waals surface area contributed by atoms with E-state index in [-0.39, 0.29) is 5.54 Å². The van der Waals surface area contributed by atoms with Gasteiger partial charge in [0.25, 0.3) is 0 Å². The van der Waals surface area contributed by atoms with E-state index in [1.54, 1.807) is 0 Å². The van der Waals surface area contributed by atoms with Crippen LogP contribution in [0.2, 0.25) is 0 Å². The molecule has 0 bridgehead atoms. The highest BCUT2D eigenvalue weighted by molar-refractivity contribution is 5.83. The number of aromatic amines is 1. The van der Waals surface area contributed by atoms with E-state index in [1.807, 2.05) is 6.20 Å². The van der Waals surface area contributed by atoms with Crippen molar-refractivity contribution in [2.45, 2.75) is 31.7 Å². The van der Waals surface area contributed by atoms with Gasteiger partial charge in [-0.05, 0) is 32.3 Å². The van der Waals surface area contributed by atoms with Crippen molar-refractivity contribution in [3.05, 3.63) is 18.0 Å². The lowest BCUT2D eigenvalue weighted by atomic mass is 9.75. The molecule has 3 heterocycles. The first-order chi connectivity index (χ1) is 9.28.